The van der Waals surface area contributed by atoms with Gasteiger partial charge in [-0.1, -0.05) is 0 Å². The van der Waals surface area contributed by atoms with Gasteiger partial charge in [0.15, 0.2) is 0 Å². The van der Waals surface area contributed by atoms with E-state index in [4.69, 9.17) is 0 Å². The molecule has 22 heavy (non-hydrogen) atoms. The number of aromatic nitrogens is 2. The lowest BCUT2D eigenvalue weighted by molar-refractivity contribution is 0.102. The smallest absolute Gasteiger partial charge is 0.255 e. The summed E-state index contributed by atoms with van der Waals surface area (Å²) >= 11 is 3.18. The quantitative estimate of drug-likeness (QED) is 0.592. The summed E-state index contributed by atoms with van der Waals surface area (Å²) < 4.78 is 2.14. The average Bonchev–Trinajstić information content (AvgIpc) is 3.10. The van der Waals surface area contributed by atoms with Crippen molar-refractivity contribution in [2.24, 2.45) is 0 Å². The van der Waals surface area contributed by atoms with E-state index in [-0.39, 0.29) is 5.91 Å². The second-order valence-electron chi connectivity index (χ2n) is 4.90. The van der Waals surface area contributed by atoms with Crippen LogP contribution in [0.2, 0.25) is 0 Å². The van der Waals surface area contributed by atoms with Crippen molar-refractivity contribution in [1.82, 2.24) is 9.97 Å². The van der Waals surface area contributed by atoms with E-state index in [0.717, 1.165) is 31.1 Å². The Morgan fingerprint density at radius 2 is 2.00 bits per heavy atom. The number of anilines is 1. The third-order valence-electron chi connectivity index (χ3n) is 3.35. The number of hydrogen-bond acceptors (Lipinski definition) is 5. The molecule has 0 spiro atoms. The maximum Gasteiger partial charge on any atom is 0.255 e. The first-order chi connectivity index (χ1) is 10.7. The summed E-state index contributed by atoms with van der Waals surface area (Å²) in [6.45, 7) is 1.98. The van der Waals surface area contributed by atoms with E-state index < -0.39 is 0 Å². The molecule has 0 aliphatic carbocycles. The van der Waals surface area contributed by atoms with Crippen LogP contribution in [0.5, 0.6) is 0 Å². The van der Waals surface area contributed by atoms with Crippen molar-refractivity contribution in [3.63, 3.8) is 0 Å². The molecule has 2 aromatic carbocycles. The van der Waals surface area contributed by atoms with Crippen molar-refractivity contribution >= 4 is 54.7 Å². The van der Waals surface area contributed by atoms with Crippen molar-refractivity contribution in [2.45, 2.75) is 6.92 Å². The Morgan fingerprint density at radius 1 is 1.09 bits per heavy atom. The standard InChI is InChI=1S/C16H11N3OS2/c1-9-18-13-7-11(3-5-14(13)22-9)19-16(20)10-2-4-12-15(6-10)21-8-17-12/h2-8H,1H3,(H,19,20). The number of rotatable bonds is 2. The third-order valence-corrected chi connectivity index (χ3v) is 5.09. The molecule has 0 aliphatic heterocycles. The van der Waals surface area contributed by atoms with Crippen LogP contribution in [0.1, 0.15) is 15.4 Å². The van der Waals surface area contributed by atoms with Gasteiger partial charge in [-0.25, -0.2) is 9.97 Å². The second-order valence-corrected chi connectivity index (χ2v) is 7.03. The van der Waals surface area contributed by atoms with Gasteiger partial charge in [0.1, 0.15) is 0 Å². The lowest BCUT2D eigenvalue weighted by Crippen LogP contribution is -2.11. The number of carbonyl (C=O) groups is 1. The normalized spacial score (nSPS) is 11.1. The molecule has 4 nitrogen and oxygen atoms in total. The Kier molecular flexibility index (Phi) is 3.13. The summed E-state index contributed by atoms with van der Waals surface area (Å²) in [6, 6.07) is 11.3. The van der Waals surface area contributed by atoms with E-state index in [1.807, 2.05) is 37.3 Å². The van der Waals surface area contributed by atoms with E-state index in [9.17, 15) is 4.79 Å². The van der Waals surface area contributed by atoms with E-state index in [1.165, 1.54) is 11.3 Å². The average molecular weight is 325 g/mol. The molecule has 0 aliphatic rings. The fourth-order valence-corrected chi connectivity index (χ4v) is 3.84. The number of aryl methyl sites for hydroxylation is 1. The lowest BCUT2D eigenvalue weighted by atomic mass is 10.2. The number of benzene rings is 2. The number of fused-ring (bicyclic) bond motifs is 2. The highest BCUT2D eigenvalue weighted by Crippen LogP contribution is 2.25. The van der Waals surface area contributed by atoms with Gasteiger partial charge in [0.2, 0.25) is 0 Å². The SMILES string of the molecule is Cc1nc2cc(NC(=O)c3ccc4ncsc4c3)ccc2s1. The Bertz CT molecular complexity index is 1000. The summed E-state index contributed by atoms with van der Waals surface area (Å²) in [4.78, 5) is 21.0. The van der Waals surface area contributed by atoms with Gasteiger partial charge >= 0.3 is 0 Å². The zero-order valence-corrected chi connectivity index (χ0v) is 13.3. The Balaban J connectivity index is 1.64. The maximum atomic E-state index is 12.4. The zero-order chi connectivity index (χ0) is 15.1. The van der Waals surface area contributed by atoms with Gasteiger partial charge in [0, 0.05) is 11.3 Å². The van der Waals surface area contributed by atoms with Gasteiger partial charge in [0.25, 0.3) is 5.91 Å². The van der Waals surface area contributed by atoms with Crippen LogP contribution >= 0.6 is 22.7 Å². The Labute approximate surface area is 134 Å². The predicted octanol–water partition coefficient (Wildman–Crippen LogP) is 4.47. The molecule has 0 atom stereocenters. The first kappa shape index (κ1) is 13.4. The van der Waals surface area contributed by atoms with Crippen LogP contribution in [0, 0.1) is 6.92 Å². The molecule has 0 saturated heterocycles. The lowest BCUT2D eigenvalue weighted by Gasteiger charge is -2.05. The molecule has 4 rings (SSSR count). The molecule has 2 heterocycles. The molecular weight excluding hydrogens is 314 g/mol. The highest BCUT2D eigenvalue weighted by Gasteiger charge is 2.09. The highest BCUT2D eigenvalue weighted by atomic mass is 32.1. The first-order valence-electron chi connectivity index (χ1n) is 6.71. The fourth-order valence-electron chi connectivity index (χ4n) is 2.32. The van der Waals surface area contributed by atoms with E-state index in [2.05, 4.69) is 15.3 Å². The zero-order valence-electron chi connectivity index (χ0n) is 11.7. The predicted molar refractivity (Wildman–Crippen MR) is 91.9 cm³/mol. The minimum atomic E-state index is -0.124. The molecule has 0 unspecified atom stereocenters. The van der Waals surface area contributed by atoms with Crippen LogP contribution in [0.4, 0.5) is 5.69 Å². The van der Waals surface area contributed by atoms with Gasteiger partial charge in [-0.3, -0.25) is 4.79 Å². The van der Waals surface area contributed by atoms with Crippen LogP contribution in [0.25, 0.3) is 20.4 Å². The number of nitrogens with one attached hydrogen (secondary N) is 1. The van der Waals surface area contributed by atoms with Gasteiger partial charge in [-0.2, -0.15) is 0 Å². The van der Waals surface area contributed by atoms with Crippen LogP contribution in [-0.2, 0) is 0 Å². The topological polar surface area (TPSA) is 54.9 Å². The van der Waals surface area contributed by atoms with E-state index in [0.29, 0.717) is 5.56 Å². The maximum absolute atomic E-state index is 12.4. The minimum absolute atomic E-state index is 0.124. The number of hydrogen-bond donors (Lipinski definition) is 1. The number of amides is 1. The molecule has 1 amide bonds. The van der Waals surface area contributed by atoms with Crippen molar-refractivity contribution < 1.29 is 4.79 Å². The third kappa shape index (κ3) is 2.36. The minimum Gasteiger partial charge on any atom is -0.322 e. The van der Waals surface area contributed by atoms with Gasteiger partial charge in [-0.05, 0) is 43.3 Å². The molecule has 0 saturated carbocycles. The molecule has 0 fully saturated rings. The van der Waals surface area contributed by atoms with Gasteiger partial charge in [0.05, 0.1) is 31.0 Å². The summed E-state index contributed by atoms with van der Waals surface area (Å²) in [6.07, 6.45) is 0. The number of carbonyl (C=O) groups excluding carboxylic acids is 1. The van der Waals surface area contributed by atoms with E-state index >= 15 is 0 Å². The summed E-state index contributed by atoms with van der Waals surface area (Å²) in [5.74, 6) is -0.124. The van der Waals surface area contributed by atoms with Gasteiger partial charge in [-0.15, -0.1) is 22.7 Å². The number of thiazole rings is 2. The van der Waals surface area contributed by atoms with Crippen molar-refractivity contribution in [2.75, 3.05) is 5.32 Å². The fraction of sp³-hybridized carbons (Fsp3) is 0.0625. The monoisotopic (exact) mass is 325 g/mol. The van der Waals surface area contributed by atoms with Crippen LogP contribution in [0.3, 0.4) is 0 Å². The Hall–Kier alpha value is -2.31. The summed E-state index contributed by atoms with van der Waals surface area (Å²) in [7, 11) is 0. The van der Waals surface area contributed by atoms with Crippen molar-refractivity contribution in [3.05, 3.63) is 52.5 Å². The molecule has 1 N–H and O–H groups in total. The molecular formula is C16H11N3OS2. The highest BCUT2D eigenvalue weighted by molar-refractivity contribution is 7.18. The van der Waals surface area contributed by atoms with Crippen LogP contribution in [-0.4, -0.2) is 15.9 Å². The van der Waals surface area contributed by atoms with Crippen LogP contribution < -0.4 is 5.32 Å². The molecule has 0 bridgehead atoms. The van der Waals surface area contributed by atoms with Crippen molar-refractivity contribution in [1.29, 1.82) is 0 Å². The Morgan fingerprint density at radius 3 is 2.91 bits per heavy atom. The molecule has 6 heteroatoms. The second kappa shape index (κ2) is 5.15. The van der Waals surface area contributed by atoms with Gasteiger partial charge < -0.3 is 5.32 Å². The summed E-state index contributed by atoms with van der Waals surface area (Å²) in [5, 5.41) is 3.95. The number of nitrogens with zero attached hydrogens (tertiary/aromatic N) is 2. The largest absolute Gasteiger partial charge is 0.322 e. The molecule has 108 valence electrons. The molecule has 0 radical (unpaired) electrons. The van der Waals surface area contributed by atoms with Crippen LogP contribution in [0.15, 0.2) is 41.9 Å². The van der Waals surface area contributed by atoms with E-state index in [1.54, 1.807) is 22.9 Å². The first-order valence-corrected chi connectivity index (χ1v) is 8.40. The summed E-state index contributed by atoms with van der Waals surface area (Å²) in [5.41, 5.74) is 5.00. The molecule has 2 aromatic heterocycles. The van der Waals surface area contributed by atoms with Crippen molar-refractivity contribution in [3.8, 4) is 0 Å². The molecule has 4 aromatic rings.